The number of thioether (sulfide) groups is 1. The molecule has 140 valence electrons. The lowest BCUT2D eigenvalue weighted by Gasteiger charge is -2.14. The molecular formula is C18H20N6O2S. The van der Waals surface area contributed by atoms with Gasteiger partial charge in [0, 0.05) is 35.9 Å². The molecule has 0 unspecified atom stereocenters. The first-order valence-corrected chi connectivity index (χ1v) is 9.12. The fourth-order valence-electron chi connectivity index (χ4n) is 1.86. The summed E-state index contributed by atoms with van der Waals surface area (Å²) in [6.07, 6.45) is 9.58. The molecule has 9 heteroatoms. The van der Waals surface area contributed by atoms with E-state index in [0.29, 0.717) is 0 Å². The fraction of sp³-hybridized carbons (Fsp3) is 0.222. The molecule has 0 aliphatic heterocycles. The summed E-state index contributed by atoms with van der Waals surface area (Å²) < 4.78 is 0. The average molecular weight is 384 g/mol. The average Bonchev–Trinajstić information content (AvgIpc) is 2.69. The van der Waals surface area contributed by atoms with Crippen molar-refractivity contribution in [3.8, 4) is 0 Å². The highest BCUT2D eigenvalue weighted by Crippen LogP contribution is 2.17. The largest absolute Gasteiger partial charge is 0.272 e. The van der Waals surface area contributed by atoms with Crippen molar-refractivity contribution in [2.45, 2.75) is 24.3 Å². The summed E-state index contributed by atoms with van der Waals surface area (Å²) in [5, 5.41) is 6.86. The first-order valence-electron chi connectivity index (χ1n) is 8.17. The third-order valence-corrected chi connectivity index (χ3v) is 4.54. The van der Waals surface area contributed by atoms with Crippen LogP contribution in [0, 0.1) is 0 Å². The molecule has 8 nitrogen and oxygen atoms in total. The highest BCUT2D eigenvalue weighted by Gasteiger charge is 2.21. The summed E-state index contributed by atoms with van der Waals surface area (Å²) in [6, 6.07) is 7.19. The zero-order valence-electron chi connectivity index (χ0n) is 14.9. The Morgan fingerprint density at radius 1 is 0.926 bits per heavy atom. The van der Waals surface area contributed by atoms with Crippen LogP contribution in [0.5, 0.6) is 0 Å². The Morgan fingerprint density at radius 2 is 1.37 bits per heavy atom. The summed E-state index contributed by atoms with van der Waals surface area (Å²) in [5.41, 5.74) is 6.46. The molecule has 0 aromatic carbocycles. The Bertz CT molecular complexity index is 731. The van der Waals surface area contributed by atoms with Gasteiger partial charge >= 0.3 is 0 Å². The number of carbonyl (C=O) groups excluding carboxylic acids is 2. The van der Waals surface area contributed by atoms with Gasteiger partial charge < -0.3 is 0 Å². The molecule has 0 spiro atoms. The molecule has 2 amide bonds. The lowest BCUT2D eigenvalue weighted by atomic mass is 10.3. The van der Waals surface area contributed by atoms with Crippen molar-refractivity contribution in [2.24, 2.45) is 10.2 Å². The minimum absolute atomic E-state index is 0.293. The van der Waals surface area contributed by atoms with Gasteiger partial charge in [0.1, 0.15) is 0 Å². The summed E-state index contributed by atoms with van der Waals surface area (Å²) in [6.45, 7) is 3.42. The smallest absolute Gasteiger partial charge is 0.252 e. The summed E-state index contributed by atoms with van der Waals surface area (Å²) in [5.74, 6) is -0.586. The van der Waals surface area contributed by atoms with E-state index in [1.807, 2.05) is 12.1 Å². The lowest BCUT2D eigenvalue weighted by molar-refractivity contribution is -0.120. The van der Waals surface area contributed by atoms with Gasteiger partial charge in [-0.2, -0.15) is 10.2 Å². The van der Waals surface area contributed by atoms with Gasteiger partial charge in [-0.3, -0.25) is 19.6 Å². The van der Waals surface area contributed by atoms with E-state index in [1.165, 1.54) is 24.2 Å². The van der Waals surface area contributed by atoms with Crippen molar-refractivity contribution < 1.29 is 9.59 Å². The molecule has 2 atom stereocenters. The fourth-order valence-corrected chi connectivity index (χ4v) is 2.82. The minimum Gasteiger partial charge on any atom is -0.272 e. The molecule has 27 heavy (non-hydrogen) atoms. The third kappa shape index (κ3) is 7.37. The first kappa shape index (κ1) is 20.2. The van der Waals surface area contributed by atoms with E-state index < -0.39 is 10.5 Å². The second-order valence-electron chi connectivity index (χ2n) is 5.46. The predicted octanol–water partition coefficient (Wildman–Crippen LogP) is 1.59. The van der Waals surface area contributed by atoms with Gasteiger partial charge in [0.05, 0.1) is 22.9 Å². The van der Waals surface area contributed by atoms with Crippen molar-refractivity contribution in [2.75, 3.05) is 0 Å². The topological polar surface area (TPSA) is 109 Å². The maximum absolute atomic E-state index is 12.1. The maximum atomic E-state index is 12.1. The summed E-state index contributed by atoms with van der Waals surface area (Å²) in [7, 11) is 0. The third-order valence-electron chi connectivity index (χ3n) is 3.29. The van der Waals surface area contributed by atoms with Gasteiger partial charge in [-0.05, 0) is 26.0 Å². The molecule has 2 aromatic heterocycles. The summed E-state index contributed by atoms with van der Waals surface area (Å²) in [4.78, 5) is 32.0. The van der Waals surface area contributed by atoms with Crippen LogP contribution in [-0.4, -0.2) is 44.7 Å². The zero-order valence-corrected chi connectivity index (χ0v) is 15.8. The van der Waals surface area contributed by atoms with Gasteiger partial charge in [-0.1, -0.05) is 12.1 Å². The number of amides is 2. The normalized spacial score (nSPS) is 13.4. The van der Waals surface area contributed by atoms with Crippen LogP contribution in [0.4, 0.5) is 0 Å². The molecule has 0 radical (unpaired) electrons. The monoisotopic (exact) mass is 384 g/mol. The second-order valence-corrected chi connectivity index (χ2v) is 7.15. The second kappa shape index (κ2) is 10.8. The molecule has 2 N–H and O–H groups in total. The van der Waals surface area contributed by atoms with Crippen LogP contribution in [0.2, 0.25) is 0 Å². The Morgan fingerprint density at radius 3 is 1.74 bits per heavy atom. The first-order chi connectivity index (χ1) is 13.1. The van der Waals surface area contributed by atoms with Gasteiger partial charge in [-0.15, -0.1) is 11.8 Å². The van der Waals surface area contributed by atoms with Crippen molar-refractivity contribution >= 4 is 36.0 Å². The van der Waals surface area contributed by atoms with E-state index in [9.17, 15) is 9.59 Å². The number of hydrogen-bond acceptors (Lipinski definition) is 7. The predicted molar refractivity (Wildman–Crippen MR) is 106 cm³/mol. The molecule has 0 saturated carbocycles. The SMILES string of the molecule is C[C@H](S[C@@H](C)C(=O)N/N=C/c1cccnc1)C(=O)N/N=C/c1cccnc1. The molecule has 2 heterocycles. The molecule has 2 rings (SSSR count). The highest BCUT2D eigenvalue weighted by molar-refractivity contribution is 8.01. The molecule has 0 bridgehead atoms. The van der Waals surface area contributed by atoms with Crippen LogP contribution >= 0.6 is 11.8 Å². The number of nitrogens with zero attached hydrogens (tertiary/aromatic N) is 4. The van der Waals surface area contributed by atoms with E-state index in [4.69, 9.17) is 0 Å². The van der Waals surface area contributed by atoms with Crippen LogP contribution in [0.1, 0.15) is 25.0 Å². The zero-order chi connectivity index (χ0) is 19.5. The molecular weight excluding hydrogens is 364 g/mol. The van der Waals surface area contributed by atoms with Crippen LogP contribution in [0.25, 0.3) is 0 Å². The summed E-state index contributed by atoms with van der Waals surface area (Å²) >= 11 is 1.21. The van der Waals surface area contributed by atoms with E-state index >= 15 is 0 Å². The Balaban J connectivity index is 1.75. The number of aromatic nitrogens is 2. The number of nitrogens with one attached hydrogen (secondary N) is 2. The van der Waals surface area contributed by atoms with E-state index in [1.54, 1.807) is 50.8 Å². The quantitative estimate of drug-likeness (QED) is 0.531. The Kier molecular flexibility index (Phi) is 8.11. The van der Waals surface area contributed by atoms with Crippen molar-refractivity contribution in [3.63, 3.8) is 0 Å². The standard InChI is InChI=1S/C18H20N6O2S/c1-13(17(25)23-21-11-15-5-3-7-19-9-15)27-14(2)18(26)24-22-12-16-6-4-8-20-10-16/h3-14H,1-2H3,(H,23,25)(H,24,26)/b21-11+,22-12+/t13-,14-/m0/s1. The molecule has 0 saturated heterocycles. The van der Waals surface area contributed by atoms with Gasteiger partial charge in [-0.25, -0.2) is 10.9 Å². The molecule has 2 aromatic rings. The number of hydrazone groups is 2. The minimum atomic E-state index is -0.459. The van der Waals surface area contributed by atoms with E-state index in [2.05, 4.69) is 31.0 Å². The van der Waals surface area contributed by atoms with Gasteiger partial charge in [0.15, 0.2) is 0 Å². The van der Waals surface area contributed by atoms with Crippen molar-refractivity contribution in [1.82, 2.24) is 20.8 Å². The van der Waals surface area contributed by atoms with E-state index in [0.717, 1.165) is 11.1 Å². The van der Waals surface area contributed by atoms with Crippen LogP contribution in [0.3, 0.4) is 0 Å². The van der Waals surface area contributed by atoms with Crippen molar-refractivity contribution in [1.29, 1.82) is 0 Å². The van der Waals surface area contributed by atoms with Crippen LogP contribution in [0.15, 0.2) is 59.3 Å². The van der Waals surface area contributed by atoms with Gasteiger partial charge in [0.25, 0.3) is 11.8 Å². The molecule has 0 aliphatic rings. The van der Waals surface area contributed by atoms with Crippen LogP contribution in [-0.2, 0) is 9.59 Å². The van der Waals surface area contributed by atoms with Crippen LogP contribution < -0.4 is 10.9 Å². The molecule has 0 fully saturated rings. The van der Waals surface area contributed by atoms with Crippen molar-refractivity contribution in [3.05, 3.63) is 60.2 Å². The maximum Gasteiger partial charge on any atom is 0.252 e. The lowest BCUT2D eigenvalue weighted by Crippen LogP contribution is -2.33. The Labute approximate surface area is 161 Å². The highest BCUT2D eigenvalue weighted by atomic mass is 32.2. The Hall–Kier alpha value is -3.07. The number of pyridine rings is 2. The number of hydrogen-bond donors (Lipinski definition) is 2. The number of rotatable bonds is 8. The van der Waals surface area contributed by atoms with Gasteiger partial charge in [0.2, 0.25) is 0 Å². The molecule has 0 aliphatic carbocycles. The van der Waals surface area contributed by atoms with E-state index in [-0.39, 0.29) is 11.8 Å². The number of carbonyl (C=O) groups is 2.